The number of methoxy groups -OCH3 is 2. The third kappa shape index (κ3) is 4.23. The number of hydrogen-bond donors (Lipinski definition) is 2. The van der Waals surface area contributed by atoms with Crippen molar-refractivity contribution in [3.8, 4) is 11.5 Å². The molecule has 1 aromatic rings. The molecule has 0 fully saturated rings. The largest absolute Gasteiger partial charge is 0.493 e. The van der Waals surface area contributed by atoms with Crippen molar-refractivity contribution in [1.82, 2.24) is 10.6 Å². The van der Waals surface area contributed by atoms with Crippen molar-refractivity contribution in [3.63, 3.8) is 0 Å². The Hall–Kier alpha value is -2.70. The van der Waals surface area contributed by atoms with E-state index in [2.05, 4.69) is 10.6 Å². The van der Waals surface area contributed by atoms with Gasteiger partial charge in [0.2, 0.25) is 0 Å². The number of carbonyl (C=O) groups excluding carboxylic acids is 2. The molecule has 2 rings (SSSR count). The zero-order valence-electron chi connectivity index (χ0n) is 15.4. The molecule has 0 saturated carbocycles. The topological polar surface area (TPSA) is 85.9 Å². The van der Waals surface area contributed by atoms with Gasteiger partial charge < -0.3 is 24.8 Å². The Bertz CT molecular complexity index is 719. The first kappa shape index (κ1) is 18.6. The second-order valence-electron chi connectivity index (χ2n) is 6.69. The molecule has 7 nitrogen and oxygen atoms in total. The maximum atomic E-state index is 12.7. The van der Waals surface area contributed by atoms with Crippen molar-refractivity contribution in [3.05, 3.63) is 35.0 Å². The van der Waals surface area contributed by atoms with Gasteiger partial charge in [-0.25, -0.2) is 9.59 Å². The van der Waals surface area contributed by atoms with E-state index in [0.717, 1.165) is 0 Å². The highest BCUT2D eigenvalue weighted by Crippen LogP contribution is 2.34. The van der Waals surface area contributed by atoms with Gasteiger partial charge in [-0.2, -0.15) is 0 Å². The van der Waals surface area contributed by atoms with Gasteiger partial charge in [0.05, 0.1) is 25.8 Å². The number of hydrogen-bond acceptors (Lipinski definition) is 5. The molecule has 136 valence electrons. The fourth-order valence-electron chi connectivity index (χ4n) is 2.58. The first-order chi connectivity index (χ1) is 11.7. The van der Waals surface area contributed by atoms with Crippen LogP contribution in [0.4, 0.5) is 4.79 Å². The molecule has 7 heteroatoms. The minimum absolute atomic E-state index is 0.349. The normalized spacial score (nSPS) is 17.5. The predicted octanol–water partition coefficient (Wildman–Crippen LogP) is 2.67. The molecule has 1 heterocycles. The molecule has 1 unspecified atom stereocenters. The van der Waals surface area contributed by atoms with E-state index in [1.165, 1.54) is 7.11 Å². The number of esters is 1. The average molecular weight is 348 g/mol. The minimum atomic E-state index is -0.650. The third-order valence-electron chi connectivity index (χ3n) is 3.63. The van der Waals surface area contributed by atoms with Crippen molar-refractivity contribution in [1.29, 1.82) is 0 Å². The Morgan fingerprint density at radius 2 is 1.76 bits per heavy atom. The van der Waals surface area contributed by atoms with Gasteiger partial charge >= 0.3 is 12.0 Å². The monoisotopic (exact) mass is 348 g/mol. The summed E-state index contributed by atoms with van der Waals surface area (Å²) >= 11 is 0. The summed E-state index contributed by atoms with van der Waals surface area (Å²) in [5.41, 5.74) is 0.848. The van der Waals surface area contributed by atoms with E-state index in [0.29, 0.717) is 28.3 Å². The van der Waals surface area contributed by atoms with Gasteiger partial charge in [0, 0.05) is 5.70 Å². The number of amides is 2. The smallest absolute Gasteiger partial charge is 0.338 e. The average Bonchev–Trinajstić information content (AvgIpc) is 2.51. The van der Waals surface area contributed by atoms with E-state index in [1.807, 2.05) is 0 Å². The van der Waals surface area contributed by atoms with Gasteiger partial charge in [-0.15, -0.1) is 0 Å². The summed E-state index contributed by atoms with van der Waals surface area (Å²) in [7, 11) is 3.07. The molecule has 2 N–H and O–H groups in total. The van der Waals surface area contributed by atoms with E-state index in [9.17, 15) is 9.59 Å². The second kappa shape index (κ2) is 7.04. The predicted molar refractivity (Wildman–Crippen MR) is 92.5 cm³/mol. The molecule has 1 atom stereocenters. The van der Waals surface area contributed by atoms with Crippen LogP contribution in [0.5, 0.6) is 11.5 Å². The SMILES string of the molecule is COc1ccc(C2NC(=O)NC(C)=C2C(=O)OC(C)(C)C)cc1OC. The Labute approximate surface area is 147 Å². The Kier molecular flexibility index (Phi) is 5.25. The highest BCUT2D eigenvalue weighted by Gasteiger charge is 2.34. The van der Waals surface area contributed by atoms with E-state index >= 15 is 0 Å². The van der Waals surface area contributed by atoms with Gasteiger partial charge in [-0.3, -0.25) is 0 Å². The van der Waals surface area contributed by atoms with Crippen LogP contribution in [0.1, 0.15) is 39.3 Å². The number of rotatable bonds is 4. The molecular weight excluding hydrogens is 324 g/mol. The van der Waals surface area contributed by atoms with E-state index in [4.69, 9.17) is 14.2 Å². The summed E-state index contributed by atoms with van der Waals surface area (Å²) in [6.45, 7) is 7.05. The fraction of sp³-hybridized carbons (Fsp3) is 0.444. The summed E-state index contributed by atoms with van der Waals surface area (Å²) in [6, 6.07) is 4.19. The standard InChI is InChI=1S/C18H24N2O5/c1-10-14(16(21)25-18(2,3)4)15(20-17(22)19-10)11-7-8-12(23-5)13(9-11)24-6/h7-9,15H,1-6H3,(H2,19,20,22). The minimum Gasteiger partial charge on any atom is -0.493 e. The lowest BCUT2D eigenvalue weighted by Gasteiger charge is -2.30. The van der Waals surface area contributed by atoms with Crippen LogP contribution in [-0.4, -0.2) is 31.8 Å². The molecule has 0 radical (unpaired) electrons. The quantitative estimate of drug-likeness (QED) is 0.817. The molecular formula is C18H24N2O5. The molecule has 25 heavy (non-hydrogen) atoms. The van der Waals surface area contributed by atoms with Crippen LogP contribution in [0.25, 0.3) is 0 Å². The van der Waals surface area contributed by atoms with E-state index in [-0.39, 0.29) is 6.03 Å². The number of carbonyl (C=O) groups is 2. The van der Waals surface area contributed by atoms with Gasteiger partial charge in [0.15, 0.2) is 11.5 Å². The highest BCUT2D eigenvalue weighted by atomic mass is 16.6. The van der Waals surface area contributed by atoms with Gasteiger partial charge in [-0.05, 0) is 45.4 Å². The fourth-order valence-corrected chi connectivity index (χ4v) is 2.58. The van der Waals surface area contributed by atoms with Crippen molar-refractivity contribution in [2.75, 3.05) is 14.2 Å². The number of urea groups is 1. The Morgan fingerprint density at radius 1 is 1.12 bits per heavy atom. The van der Waals surface area contributed by atoms with Crippen molar-refractivity contribution >= 4 is 12.0 Å². The lowest BCUT2D eigenvalue weighted by Crippen LogP contribution is -2.46. The van der Waals surface area contributed by atoms with E-state index in [1.54, 1.807) is 53.0 Å². The van der Waals surface area contributed by atoms with Gasteiger partial charge in [-0.1, -0.05) is 6.07 Å². The molecule has 0 aliphatic carbocycles. The molecule has 2 amide bonds. The number of allylic oxidation sites excluding steroid dienone is 1. The number of ether oxygens (including phenoxy) is 3. The molecule has 0 aromatic heterocycles. The maximum absolute atomic E-state index is 12.7. The van der Waals surface area contributed by atoms with Crippen LogP contribution in [-0.2, 0) is 9.53 Å². The summed E-state index contributed by atoms with van der Waals surface area (Å²) in [4.78, 5) is 24.6. The molecule has 0 saturated heterocycles. The zero-order chi connectivity index (χ0) is 18.8. The summed E-state index contributed by atoms with van der Waals surface area (Å²) in [6.07, 6.45) is 0. The van der Waals surface area contributed by atoms with Crippen LogP contribution < -0.4 is 20.1 Å². The van der Waals surface area contributed by atoms with Crippen LogP contribution in [0.15, 0.2) is 29.5 Å². The van der Waals surface area contributed by atoms with Crippen molar-refractivity contribution in [2.45, 2.75) is 39.3 Å². The molecule has 1 aliphatic rings. The molecule has 0 spiro atoms. The second-order valence-corrected chi connectivity index (χ2v) is 6.69. The van der Waals surface area contributed by atoms with Crippen LogP contribution in [0.2, 0.25) is 0 Å². The summed E-state index contributed by atoms with van der Waals surface area (Å²) in [5.74, 6) is 0.581. The maximum Gasteiger partial charge on any atom is 0.338 e. The summed E-state index contributed by atoms with van der Waals surface area (Å²) < 4.78 is 16.0. The Balaban J connectivity index is 2.47. The van der Waals surface area contributed by atoms with Gasteiger partial charge in [0.25, 0.3) is 0 Å². The zero-order valence-corrected chi connectivity index (χ0v) is 15.4. The van der Waals surface area contributed by atoms with Crippen LogP contribution in [0, 0.1) is 0 Å². The molecule has 1 aliphatic heterocycles. The van der Waals surface area contributed by atoms with Crippen LogP contribution >= 0.6 is 0 Å². The lowest BCUT2D eigenvalue weighted by molar-refractivity contribution is -0.150. The third-order valence-corrected chi connectivity index (χ3v) is 3.63. The number of benzene rings is 1. The number of nitrogens with one attached hydrogen (secondary N) is 2. The summed E-state index contributed by atoms with van der Waals surface area (Å²) in [5, 5.41) is 5.38. The van der Waals surface area contributed by atoms with Crippen molar-refractivity contribution < 1.29 is 23.8 Å². The van der Waals surface area contributed by atoms with Gasteiger partial charge in [0.1, 0.15) is 5.60 Å². The van der Waals surface area contributed by atoms with E-state index < -0.39 is 17.6 Å². The molecule has 0 bridgehead atoms. The molecule has 1 aromatic carbocycles. The lowest BCUT2D eigenvalue weighted by atomic mass is 9.95. The Morgan fingerprint density at radius 3 is 2.32 bits per heavy atom. The first-order valence-electron chi connectivity index (χ1n) is 7.90. The first-order valence-corrected chi connectivity index (χ1v) is 7.90. The highest BCUT2D eigenvalue weighted by molar-refractivity contribution is 5.95. The van der Waals surface area contributed by atoms with Crippen LogP contribution in [0.3, 0.4) is 0 Å². The van der Waals surface area contributed by atoms with Crippen molar-refractivity contribution in [2.24, 2.45) is 0 Å².